The van der Waals surface area contributed by atoms with E-state index in [2.05, 4.69) is 24.4 Å². The van der Waals surface area contributed by atoms with Crippen molar-refractivity contribution >= 4 is 5.91 Å². The quantitative estimate of drug-likeness (QED) is 0.786. The molecule has 4 nitrogen and oxygen atoms in total. The van der Waals surface area contributed by atoms with Crippen LogP contribution in [0.5, 0.6) is 11.5 Å². The number of rotatable bonds is 7. The molecule has 4 heteroatoms. The largest absolute Gasteiger partial charge is 0.496 e. The Morgan fingerprint density at radius 1 is 1.04 bits per heavy atom. The van der Waals surface area contributed by atoms with Crippen LogP contribution in [0.2, 0.25) is 0 Å². The molecule has 1 amide bonds. The number of hydrogen-bond donors (Lipinski definition) is 1. The van der Waals surface area contributed by atoms with E-state index in [1.165, 1.54) is 5.56 Å². The summed E-state index contributed by atoms with van der Waals surface area (Å²) in [5.41, 5.74) is 4.32. The van der Waals surface area contributed by atoms with Crippen LogP contribution in [-0.2, 0) is 4.79 Å². The van der Waals surface area contributed by atoms with Crippen LogP contribution in [-0.4, -0.2) is 19.1 Å². The Labute approximate surface area is 156 Å². The van der Waals surface area contributed by atoms with Crippen LogP contribution >= 0.6 is 0 Å². The summed E-state index contributed by atoms with van der Waals surface area (Å²) < 4.78 is 11.2. The SMILES string of the molecule is CC[C@@H](NC(=O)[C@@H](C)Oc1ccc(C)cc1C)c1ccc(OC)c(C)c1. The molecule has 2 aromatic rings. The van der Waals surface area contributed by atoms with E-state index in [1.54, 1.807) is 14.0 Å². The minimum Gasteiger partial charge on any atom is -0.496 e. The average Bonchev–Trinajstić information content (AvgIpc) is 2.61. The molecule has 0 fully saturated rings. The highest BCUT2D eigenvalue weighted by Crippen LogP contribution is 2.25. The summed E-state index contributed by atoms with van der Waals surface area (Å²) in [5.74, 6) is 1.47. The maximum Gasteiger partial charge on any atom is 0.261 e. The minimum atomic E-state index is -0.565. The molecule has 0 bridgehead atoms. The molecule has 1 N–H and O–H groups in total. The highest BCUT2D eigenvalue weighted by molar-refractivity contribution is 5.81. The van der Waals surface area contributed by atoms with Gasteiger partial charge in [-0.1, -0.05) is 36.8 Å². The molecule has 0 spiro atoms. The predicted octanol–water partition coefficient (Wildman–Crippen LogP) is 4.66. The highest BCUT2D eigenvalue weighted by Gasteiger charge is 2.20. The van der Waals surface area contributed by atoms with E-state index in [-0.39, 0.29) is 11.9 Å². The molecule has 0 saturated carbocycles. The fourth-order valence-corrected chi connectivity index (χ4v) is 3.00. The molecule has 140 valence electrons. The number of carbonyl (C=O) groups excluding carboxylic acids is 1. The van der Waals surface area contributed by atoms with Gasteiger partial charge in [0.05, 0.1) is 13.2 Å². The van der Waals surface area contributed by atoms with Crippen LogP contribution in [0.15, 0.2) is 36.4 Å². The van der Waals surface area contributed by atoms with E-state index in [9.17, 15) is 4.79 Å². The second-order valence-corrected chi connectivity index (χ2v) is 6.73. The number of hydrogen-bond acceptors (Lipinski definition) is 3. The molecule has 0 aliphatic heterocycles. The van der Waals surface area contributed by atoms with E-state index in [0.717, 1.165) is 34.6 Å². The summed E-state index contributed by atoms with van der Waals surface area (Å²) in [5, 5.41) is 3.09. The van der Waals surface area contributed by atoms with Crippen LogP contribution < -0.4 is 14.8 Å². The molecular formula is C22H29NO3. The first kappa shape index (κ1) is 19.8. The third-order valence-electron chi connectivity index (χ3n) is 4.55. The second kappa shape index (κ2) is 8.75. The monoisotopic (exact) mass is 355 g/mol. The van der Waals surface area contributed by atoms with Gasteiger partial charge >= 0.3 is 0 Å². The molecule has 0 aliphatic rings. The van der Waals surface area contributed by atoms with Gasteiger partial charge < -0.3 is 14.8 Å². The summed E-state index contributed by atoms with van der Waals surface area (Å²) in [6.07, 6.45) is 0.234. The number of nitrogens with one attached hydrogen (secondary N) is 1. The van der Waals surface area contributed by atoms with E-state index in [4.69, 9.17) is 9.47 Å². The maximum atomic E-state index is 12.6. The number of amides is 1. The van der Waals surface area contributed by atoms with Gasteiger partial charge in [-0.3, -0.25) is 4.79 Å². The summed E-state index contributed by atoms with van der Waals surface area (Å²) in [4.78, 5) is 12.6. The zero-order valence-corrected chi connectivity index (χ0v) is 16.6. The molecule has 0 radical (unpaired) electrons. The third kappa shape index (κ3) is 4.78. The molecule has 0 heterocycles. The Kier molecular flexibility index (Phi) is 6.67. The van der Waals surface area contributed by atoms with Crippen LogP contribution in [0.3, 0.4) is 0 Å². The van der Waals surface area contributed by atoms with Crippen molar-refractivity contribution in [1.82, 2.24) is 5.32 Å². The average molecular weight is 355 g/mol. The topological polar surface area (TPSA) is 47.6 Å². The molecular weight excluding hydrogens is 326 g/mol. The number of benzene rings is 2. The lowest BCUT2D eigenvalue weighted by molar-refractivity contribution is -0.128. The van der Waals surface area contributed by atoms with Crippen molar-refractivity contribution in [3.8, 4) is 11.5 Å². The van der Waals surface area contributed by atoms with Crippen LogP contribution in [0.4, 0.5) is 0 Å². The standard InChI is InChI=1S/C22H29NO3/c1-7-19(18-9-11-20(25-6)16(4)13-18)23-22(24)17(5)26-21-10-8-14(2)12-15(21)3/h8-13,17,19H,7H2,1-6H3,(H,23,24)/t17-,19-/m1/s1. The molecule has 26 heavy (non-hydrogen) atoms. The van der Waals surface area contributed by atoms with Gasteiger partial charge in [-0.05, 0) is 62.9 Å². The highest BCUT2D eigenvalue weighted by atomic mass is 16.5. The van der Waals surface area contributed by atoms with Gasteiger partial charge in [0.15, 0.2) is 6.10 Å². The molecule has 0 saturated heterocycles. The summed E-state index contributed by atoms with van der Waals surface area (Å²) >= 11 is 0. The normalized spacial score (nSPS) is 13.0. The fourth-order valence-electron chi connectivity index (χ4n) is 3.00. The number of methoxy groups -OCH3 is 1. The number of ether oxygens (including phenoxy) is 2. The smallest absolute Gasteiger partial charge is 0.261 e. The van der Waals surface area contributed by atoms with Crippen LogP contribution in [0.25, 0.3) is 0 Å². The molecule has 0 aromatic heterocycles. The van der Waals surface area contributed by atoms with E-state index >= 15 is 0 Å². The molecule has 2 rings (SSSR count). The van der Waals surface area contributed by atoms with Crippen molar-refractivity contribution in [2.45, 2.75) is 53.2 Å². The lowest BCUT2D eigenvalue weighted by Gasteiger charge is -2.22. The molecule has 2 atom stereocenters. The lowest BCUT2D eigenvalue weighted by atomic mass is 10.0. The van der Waals surface area contributed by atoms with Crippen molar-refractivity contribution in [3.05, 3.63) is 58.7 Å². The number of aryl methyl sites for hydroxylation is 3. The van der Waals surface area contributed by atoms with Crippen molar-refractivity contribution in [3.63, 3.8) is 0 Å². The fraction of sp³-hybridized carbons (Fsp3) is 0.409. The van der Waals surface area contributed by atoms with Gasteiger partial charge in [0, 0.05) is 0 Å². The van der Waals surface area contributed by atoms with E-state index in [0.29, 0.717) is 0 Å². The molecule has 2 aromatic carbocycles. The van der Waals surface area contributed by atoms with Crippen molar-refractivity contribution in [2.24, 2.45) is 0 Å². The van der Waals surface area contributed by atoms with Gasteiger partial charge in [0.2, 0.25) is 0 Å². The Morgan fingerprint density at radius 2 is 1.69 bits per heavy atom. The van der Waals surface area contributed by atoms with Crippen LogP contribution in [0.1, 0.15) is 48.6 Å². The zero-order valence-electron chi connectivity index (χ0n) is 16.6. The maximum absolute atomic E-state index is 12.6. The zero-order chi connectivity index (χ0) is 19.3. The first-order valence-corrected chi connectivity index (χ1v) is 9.04. The van der Waals surface area contributed by atoms with Gasteiger partial charge in [0.25, 0.3) is 5.91 Å². The summed E-state index contributed by atoms with van der Waals surface area (Å²) in [6, 6.07) is 11.9. The summed E-state index contributed by atoms with van der Waals surface area (Å²) in [7, 11) is 1.66. The first-order chi connectivity index (χ1) is 12.3. The molecule has 0 aliphatic carbocycles. The van der Waals surface area contributed by atoms with E-state index in [1.807, 2.05) is 45.0 Å². The van der Waals surface area contributed by atoms with Gasteiger partial charge in [0.1, 0.15) is 11.5 Å². The van der Waals surface area contributed by atoms with Gasteiger partial charge in [-0.15, -0.1) is 0 Å². The van der Waals surface area contributed by atoms with E-state index < -0.39 is 6.10 Å². The van der Waals surface area contributed by atoms with Crippen molar-refractivity contribution < 1.29 is 14.3 Å². The number of carbonyl (C=O) groups is 1. The van der Waals surface area contributed by atoms with Crippen molar-refractivity contribution in [2.75, 3.05) is 7.11 Å². The van der Waals surface area contributed by atoms with Gasteiger partial charge in [-0.25, -0.2) is 0 Å². The predicted molar refractivity (Wildman–Crippen MR) is 105 cm³/mol. The second-order valence-electron chi connectivity index (χ2n) is 6.73. The summed E-state index contributed by atoms with van der Waals surface area (Å²) in [6.45, 7) is 9.86. The van der Waals surface area contributed by atoms with Crippen LogP contribution in [0, 0.1) is 20.8 Å². The minimum absolute atomic E-state index is 0.0581. The Balaban J connectivity index is 2.07. The first-order valence-electron chi connectivity index (χ1n) is 9.04. The molecule has 0 unspecified atom stereocenters. The lowest BCUT2D eigenvalue weighted by Crippen LogP contribution is -2.38. The Morgan fingerprint density at radius 3 is 2.27 bits per heavy atom. The van der Waals surface area contributed by atoms with Crippen molar-refractivity contribution in [1.29, 1.82) is 0 Å². The van der Waals surface area contributed by atoms with Gasteiger partial charge in [-0.2, -0.15) is 0 Å². The Hall–Kier alpha value is -2.49. The Bertz CT molecular complexity index is 770. The third-order valence-corrected chi connectivity index (χ3v) is 4.55.